The monoisotopic (exact) mass is 249 g/mol. The van der Waals surface area contributed by atoms with Gasteiger partial charge < -0.3 is 16.0 Å². The van der Waals surface area contributed by atoms with Crippen molar-refractivity contribution in [3.63, 3.8) is 0 Å². The summed E-state index contributed by atoms with van der Waals surface area (Å²) in [7, 11) is 0. The van der Waals surface area contributed by atoms with Gasteiger partial charge in [0.15, 0.2) is 0 Å². The van der Waals surface area contributed by atoms with Gasteiger partial charge in [0, 0.05) is 24.5 Å². The lowest BCUT2D eigenvalue weighted by Gasteiger charge is -2.29. The second kappa shape index (κ2) is 6.89. The molecule has 0 fully saturated rings. The summed E-state index contributed by atoms with van der Waals surface area (Å²) in [5, 5.41) is 2.92. The van der Waals surface area contributed by atoms with Gasteiger partial charge >= 0.3 is 0 Å². The Bertz CT molecular complexity index is 375. The number of amides is 1. The zero-order valence-electron chi connectivity index (χ0n) is 11.4. The van der Waals surface area contributed by atoms with Crippen molar-refractivity contribution in [3.8, 4) is 0 Å². The largest absolute Gasteiger partial charge is 0.399 e. The normalized spacial score (nSPS) is 11.9. The molecule has 0 aromatic heterocycles. The van der Waals surface area contributed by atoms with Gasteiger partial charge in [-0.3, -0.25) is 4.79 Å². The summed E-state index contributed by atoms with van der Waals surface area (Å²) in [5.74, 6) is 0.0653. The van der Waals surface area contributed by atoms with Crippen LogP contribution in [0.2, 0.25) is 0 Å². The van der Waals surface area contributed by atoms with E-state index in [1.54, 1.807) is 0 Å². The molecule has 4 nitrogen and oxygen atoms in total. The first-order valence-electron chi connectivity index (χ1n) is 6.50. The molecular weight excluding hydrogens is 226 g/mol. The molecule has 1 rings (SSSR count). The van der Waals surface area contributed by atoms with Crippen molar-refractivity contribution in [2.24, 2.45) is 0 Å². The number of nitrogens with two attached hydrogens (primary N) is 1. The first-order chi connectivity index (χ1) is 8.60. The Balaban J connectivity index is 2.76. The van der Waals surface area contributed by atoms with Gasteiger partial charge in [-0.1, -0.05) is 6.92 Å². The molecule has 3 N–H and O–H groups in total. The van der Waals surface area contributed by atoms with Crippen molar-refractivity contribution < 1.29 is 4.79 Å². The Kier molecular flexibility index (Phi) is 5.49. The molecule has 0 saturated heterocycles. The van der Waals surface area contributed by atoms with Crippen LogP contribution >= 0.6 is 0 Å². The van der Waals surface area contributed by atoms with Crippen molar-refractivity contribution in [3.05, 3.63) is 24.3 Å². The molecule has 0 spiro atoms. The van der Waals surface area contributed by atoms with Crippen LogP contribution in [0.3, 0.4) is 0 Å². The molecule has 0 aliphatic heterocycles. The number of carbonyl (C=O) groups is 1. The maximum Gasteiger partial charge on any atom is 0.242 e. The second-order valence-corrected chi connectivity index (χ2v) is 4.34. The summed E-state index contributed by atoms with van der Waals surface area (Å²) in [5.41, 5.74) is 7.43. The quantitative estimate of drug-likeness (QED) is 0.758. The summed E-state index contributed by atoms with van der Waals surface area (Å²) in [6.07, 6.45) is 0.951. The highest BCUT2D eigenvalue weighted by molar-refractivity contribution is 5.84. The molecule has 1 aromatic carbocycles. The number of nitrogens with zero attached hydrogens (tertiary/aromatic N) is 1. The van der Waals surface area contributed by atoms with Crippen LogP contribution < -0.4 is 16.0 Å². The van der Waals surface area contributed by atoms with E-state index in [9.17, 15) is 4.79 Å². The maximum absolute atomic E-state index is 12.0. The lowest BCUT2D eigenvalue weighted by Crippen LogP contribution is -2.45. The van der Waals surface area contributed by atoms with Gasteiger partial charge in [0.1, 0.15) is 6.04 Å². The van der Waals surface area contributed by atoms with E-state index in [-0.39, 0.29) is 11.9 Å². The molecule has 18 heavy (non-hydrogen) atoms. The highest BCUT2D eigenvalue weighted by atomic mass is 16.2. The average Bonchev–Trinajstić information content (AvgIpc) is 2.38. The molecule has 0 heterocycles. The van der Waals surface area contributed by atoms with Gasteiger partial charge in [0.25, 0.3) is 0 Å². The predicted octanol–water partition coefficient (Wildman–Crippen LogP) is 2.01. The Hall–Kier alpha value is -1.71. The van der Waals surface area contributed by atoms with E-state index in [1.165, 1.54) is 0 Å². The fraction of sp³-hybridized carbons (Fsp3) is 0.500. The van der Waals surface area contributed by atoms with Crippen molar-refractivity contribution >= 4 is 17.3 Å². The van der Waals surface area contributed by atoms with Crippen LogP contribution in [0.4, 0.5) is 11.4 Å². The number of nitrogens with one attached hydrogen (secondary N) is 1. The number of hydrogen-bond acceptors (Lipinski definition) is 3. The van der Waals surface area contributed by atoms with Gasteiger partial charge in [0.2, 0.25) is 5.91 Å². The Labute approximate surface area is 109 Å². The minimum atomic E-state index is -0.176. The summed E-state index contributed by atoms with van der Waals surface area (Å²) >= 11 is 0. The summed E-state index contributed by atoms with van der Waals surface area (Å²) < 4.78 is 0. The van der Waals surface area contributed by atoms with Crippen molar-refractivity contribution in [1.82, 2.24) is 5.32 Å². The third-order valence-electron chi connectivity index (χ3n) is 2.96. The minimum Gasteiger partial charge on any atom is -0.399 e. The average molecular weight is 249 g/mol. The fourth-order valence-electron chi connectivity index (χ4n) is 1.88. The van der Waals surface area contributed by atoms with Crippen LogP contribution in [-0.2, 0) is 4.79 Å². The molecule has 1 aromatic rings. The molecule has 0 aliphatic rings. The number of rotatable bonds is 6. The second-order valence-electron chi connectivity index (χ2n) is 4.34. The number of likely N-dealkylation sites (N-methyl/N-ethyl adjacent to an activating group) is 1. The van der Waals surface area contributed by atoms with Crippen LogP contribution in [0.15, 0.2) is 24.3 Å². The number of anilines is 2. The van der Waals surface area contributed by atoms with Gasteiger partial charge in [-0.15, -0.1) is 0 Å². The number of nitrogen functional groups attached to an aromatic ring is 1. The zero-order chi connectivity index (χ0) is 13.5. The van der Waals surface area contributed by atoms with Crippen LogP contribution in [-0.4, -0.2) is 25.0 Å². The molecular formula is C14H23N3O. The Morgan fingerprint density at radius 1 is 1.33 bits per heavy atom. The van der Waals surface area contributed by atoms with E-state index in [4.69, 9.17) is 5.73 Å². The zero-order valence-corrected chi connectivity index (χ0v) is 11.4. The van der Waals surface area contributed by atoms with Crippen molar-refractivity contribution in [2.75, 3.05) is 23.7 Å². The predicted molar refractivity (Wildman–Crippen MR) is 76.6 cm³/mol. The van der Waals surface area contributed by atoms with E-state index < -0.39 is 0 Å². The first-order valence-corrected chi connectivity index (χ1v) is 6.50. The van der Waals surface area contributed by atoms with Gasteiger partial charge in [-0.05, 0) is 44.5 Å². The third kappa shape index (κ3) is 3.65. The van der Waals surface area contributed by atoms with E-state index in [2.05, 4.69) is 10.2 Å². The molecule has 1 amide bonds. The Morgan fingerprint density at radius 2 is 1.94 bits per heavy atom. The highest BCUT2D eigenvalue weighted by Gasteiger charge is 2.19. The minimum absolute atomic E-state index is 0.0653. The van der Waals surface area contributed by atoms with Crippen LogP contribution in [0.25, 0.3) is 0 Å². The lowest BCUT2D eigenvalue weighted by molar-refractivity contribution is -0.122. The molecule has 1 unspecified atom stereocenters. The molecule has 0 aliphatic carbocycles. The highest BCUT2D eigenvalue weighted by Crippen LogP contribution is 2.18. The molecule has 1 atom stereocenters. The van der Waals surface area contributed by atoms with Crippen LogP contribution in [0.5, 0.6) is 0 Å². The molecule has 100 valence electrons. The number of hydrogen-bond donors (Lipinski definition) is 2. The van der Waals surface area contributed by atoms with Gasteiger partial charge in [-0.2, -0.15) is 0 Å². The SMILES string of the molecule is CCCNC(=O)C(C)N(CC)c1ccc(N)cc1. The lowest BCUT2D eigenvalue weighted by atomic mass is 10.2. The molecule has 0 saturated carbocycles. The summed E-state index contributed by atoms with van der Waals surface area (Å²) in [6.45, 7) is 7.51. The number of carbonyl (C=O) groups excluding carboxylic acids is 1. The summed E-state index contributed by atoms with van der Waals surface area (Å²) in [4.78, 5) is 14.0. The molecule has 0 radical (unpaired) electrons. The topological polar surface area (TPSA) is 58.4 Å². The maximum atomic E-state index is 12.0. The first kappa shape index (κ1) is 14.4. The fourth-order valence-corrected chi connectivity index (χ4v) is 1.88. The van der Waals surface area contributed by atoms with Gasteiger partial charge in [0.05, 0.1) is 0 Å². The standard InChI is InChI=1S/C14H23N3O/c1-4-10-16-14(18)11(3)17(5-2)13-8-6-12(15)7-9-13/h6-9,11H,4-5,10,15H2,1-3H3,(H,16,18). The smallest absolute Gasteiger partial charge is 0.242 e. The van der Waals surface area contributed by atoms with Crippen molar-refractivity contribution in [1.29, 1.82) is 0 Å². The van der Waals surface area contributed by atoms with Crippen LogP contribution in [0.1, 0.15) is 27.2 Å². The Morgan fingerprint density at radius 3 is 2.44 bits per heavy atom. The van der Waals surface area contributed by atoms with Crippen molar-refractivity contribution in [2.45, 2.75) is 33.2 Å². The van der Waals surface area contributed by atoms with Gasteiger partial charge in [-0.25, -0.2) is 0 Å². The number of benzene rings is 1. The molecule has 4 heteroatoms. The third-order valence-corrected chi connectivity index (χ3v) is 2.96. The molecule has 0 bridgehead atoms. The van der Waals surface area contributed by atoms with E-state index in [0.717, 1.165) is 30.9 Å². The van der Waals surface area contributed by atoms with Crippen LogP contribution in [0, 0.1) is 0 Å². The summed E-state index contributed by atoms with van der Waals surface area (Å²) in [6, 6.07) is 7.43. The van der Waals surface area contributed by atoms with E-state index >= 15 is 0 Å². The van der Waals surface area contributed by atoms with E-state index in [0.29, 0.717) is 0 Å². The van der Waals surface area contributed by atoms with E-state index in [1.807, 2.05) is 45.0 Å².